The molecule has 0 unspecified atom stereocenters. The molecule has 0 amide bonds. The fourth-order valence-corrected chi connectivity index (χ4v) is 6.45. The predicted octanol–water partition coefficient (Wildman–Crippen LogP) is 2.62. The number of Topliss-reactive ketones (excluding diaryl/α,β-unsaturated/α-hetero) is 1. The molecule has 3 aliphatic carbocycles. The van der Waals surface area contributed by atoms with Crippen LogP contribution in [0.1, 0.15) is 52.4 Å². The number of carbonyl (C=O) groups excluding carboxylic acids is 3. The number of methoxy groups -OCH3 is 1. The van der Waals surface area contributed by atoms with Gasteiger partial charge in [0, 0.05) is 29.7 Å². The predicted molar refractivity (Wildman–Crippen MR) is 89.7 cm³/mol. The normalized spacial score (nSPS) is 49.2. The molecule has 1 aliphatic heterocycles. The average molecular weight is 346 g/mol. The number of rotatable bonds is 3. The zero-order valence-electron chi connectivity index (χ0n) is 15.2. The molecule has 0 aromatic heterocycles. The number of epoxide rings is 1. The highest BCUT2D eigenvalue weighted by Gasteiger charge is 2.78. The molecular formula is C20H26O5. The SMILES string of the molecule is COC(=O)/C=C1/CC[C@H]2[C@@H]3CCC(=O)[C@@]3(C)C[C@H]3O[C@]32[C@@]1(C)CC=O. The highest BCUT2D eigenvalue weighted by molar-refractivity contribution is 5.87. The Balaban J connectivity index is 1.77. The number of hydrogen-bond donors (Lipinski definition) is 0. The highest BCUT2D eigenvalue weighted by atomic mass is 16.6. The van der Waals surface area contributed by atoms with E-state index in [2.05, 4.69) is 13.8 Å². The first-order chi connectivity index (χ1) is 11.8. The Kier molecular flexibility index (Phi) is 3.56. The fourth-order valence-electron chi connectivity index (χ4n) is 6.45. The van der Waals surface area contributed by atoms with E-state index in [0.29, 0.717) is 24.5 Å². The summed E-state index contributed by atoms with van der Waals surface area (Å²) in [5.74, 6) is 0.595. The van der Waals surface area contributed by atoms with Gasteiger partial charge in [0.2, 0.25) is 0 Å². The molecular weight excluding hydrogens is 320 g/mol. The topological polar surface area (TPSA) is 73.0 Å². The molecule has 25 heavy (non-hydrogen) atoms. The largest absolute Gasteiger partial charge is 0.466 e. The monoisotopic (exact) mass is 346 g/mol. The lowest BCUT2D eigenvalue weighted by Gasteiger charge is -2.53. The molecule has 0 aromatic rings. The number of hydrogen-bond acceptors (Lipinski definition) is 5. The van der Waals surface area contributed by atoms with Crippen molar-refractivity contribution in [1.29, 1.82) is 0 Å². The third kappa shape index (κ3) is 1.96. The summed E-state index contributed by atoms with van der Waals surface area (Å²) >= 11 is 0. The van der Waals surface area contributed by atoms with Crippen molar-refractivity contribution in [1.82, 2.24) is 0 Å². The van der Waals surface area contributed by atoms with Crippen LogP contribution >= 0.6 is 0 Å². The minimum Gasteiger partial charge on any atom is -0.466 e. The summed E-state index contributed by atoms with van der Waals surface area (Å²) in [6.45, 7) is 4.16. The molecule has 4 aliphatic rings. The van der Waals surface area contributed by atoms with Gasteiger partial charge in [-0.1, -0.05) is 19.4 Å². The van der Waals surface area contributed by atoms with Gasteiger partial charge in [0.25, 0.3) is 0 Å². The smallest absolute Gasteiger partial charge is 0.330 e. The lowest BCUT2D eigenvalue weighted by Crippen LogP contribution is -2.57. The van der Waals surface area contributed by atoms with Crippen LogP contribution in [0.3, 0.4) is 0 Å². The van der Waals surface area contributed by atoms with E-state index in [0.717, 1.165) is 37.5 Å². The van der Waals surface area contributed by atoms with E-state index in [1.807, 2.05) is 0 Å². The average Bonchev–Trinajstić information content (AvgIpc) is 3.22. The number of ketones is 1. The van der Waals surface area contributed by atoms with Crippen LogP contribution in [0.4, 0.5) is 0 Å². The lowest BCUT2D eigenvalue weighted by atomic mass is 9.48. The van der Waals surface area contributed by atoms with Crippen molar-refractivity contribution in [3.63, 3.8) is 0 Å². The first-order valence-electron chi connectivity index (χ1n) is 9.27. The molecule has 1 heterocycles. The molecule has 0 radical (unpaired) electrons. The molecule has 0 bridgehead atoms. The molecule has 5 heteroatoms. The zero-order chi connectivity index (χ0) is 18.0. The van der Waals surface area contributed by atoms with Gasteiger partial charge in [0.15, 0.2) is 0 Å². The number of fused-ring (bicyclic) bond motifs is 2. The summed E-state index contributed by atoms with van der Waals surface area (Å²) < 4.78 is 11.1. The van der Waals surface area contributed by atoms with Crippen LogP contribution < -0.4 is 0 Å². The second-order valence-electron chi connectivity index (χ2n) is 8.63. The minimum atomic E-state index is -0.497. The van der Waals surface area contributed by atoms with Crippen LogP contribution in [0.15, 0.2) is 11.6 Å². The van der Waals surface area contributed by atoms with Gasteiger partial charge in [-0.15, -0.1) is 0 Å². The van der Waals surface area contributed by atoms with Crippen LogP contribution in [0.25, 0.3) is 0 Å². The van der Waals surface area contributed by atoms with Crippen molar-refractivity contribution >= 4 is 18.0 Å². The first kappa shape index (κ1) is 17.0. The van der Waals surface area contributed by atoms with Crippen LogP contribution in [0.2, 0.25) is 0 Å². The summed E-state index contributed by atoms with van der Waals surface area (Å²) in [6, 6.07) is 0. The van der Waals surface area contributed by atoms with E-state index in [9.17, 15) is 14.4 Å². The Morgan fingerprint density at radius 3 is 2.68 bits per heavy atom. The number of ether oxygens (including phenoxy) is 2. The molecule has 0 aromatic carbocycles. The fraction of sp³-hybridized carbons (Fsp3) is 0.750. The quantitative estimate of drug-likeness (QED) is 0.340. The van der Waals surface area contributed by atoms with E-state index in [1.54, 1.807) is 6.08 Å². The van der Waals surface area contributed by atoms with Crippen LogP contribution in [-0.4, -0.2) is 36.9 Å². The molecule has 4 rings (SSSR count). The van der Waals surface area contributed by atoms with Crippen LogP contribution in [0, 0.1) is 22.7 Å². The maximum absolute atomic E-state index is 12.5. The van der Waals surface area contributed by atoms with Gasteiger partial charge in [-0.2, -0.15) is 0 Å². The van der Waals surface area contributed by atoms with Crippen LogP contribution in [0.5, 0.6) is 0 Å². The Morgan fingerprint density at radius 1 is 1.28 bits per heavy atom. The van der Waals surface area contributed by atoms with E-state index in [4.69, 9.17) is 9.47 Å². The molecule has 6 atom stereocenters. The Bertz CT molecular complexity index is 682. The van der Waals surface area contributed by atoms with Crippen molar-refractivity contribution in [2.75, 3.05) is 7.11 Å². The van der Waals surface area contributed by atoms with Gasteiger partial charge in [-0.25, -0.2) is 4.79 Å². The zero-order valence-corrected chi connectivity index (χ0v) is 15.2. The summed E-state index contributed by atoms with van der Waals surface area (Å²) in [7, 11) is 1.37. The van der Waals surface area contributed by atoms with Crippen molar-refractivity contribution in [2.24, 2.45) is 22.7 Å². The minimum absolute atomic E-state index is 0.00657. The summed E-state index contributed by atoms with van der Waals surface area (Å²) in [6.07, 6.45) is 6.82. The summed E-state index contributed by atoms with van der Waals surface area (Å²) in [5, 5.41) is 0. The van der Waals surface area contributed by atoms with Gasteiger partial charge in [-0.05, 0) is 37.5 Å². The van der Waals surface area contributed by atoms with Gasteiger partial charge in [0.05, 0.1) is 13.2 Å². The van der Waals surface area contributed by atoms with Crippen molar-refractivity contribution in [3.8, 4) is 0 Å². The maximum Gasteiger partial charge on any atom is 0.330 e. The molecule has 136 valence electrons. The van der Waals surface area contributed by atoms with Crippen molar-refractivity contribution < 1.29 is 23.9 Å². The number of carbonyl (C=O) groups is 3. The highest BCUT2D eigenvalue weighted by Crippen LogP contribution is 2.73. The van der Waals surface area contributed by atoms with Crippen LogP contribution in [-0.2, 0) is 23.9 Å². The second kappa shape index (κ2) is 5.26. The van der Waals surface area contributed by atoms with Crippen molar-refractivity contribution in [3.05, 3.63) is 11.6 Å². The third-order valence-electron chi connectivity index (χ3n) is 7.82. The van der Waals surface area contributed by atoms with Gasteiger partial charge in [0.1, 0.15) is 17.7 Å². The Hall–Kier alpha value is -1.49. The maximum atomic E-state index is 12.5. The van der Waals surface area contributed by atoms with Crippen molar-refractivity contribution in [2.45, 2.75) is 64.1 Å². The summed E-state index contributed by atoms with van der Waals surface area (Å²) in [5.41, 5.74) is -0.219. The summed E-state index contributed by atoms with van der Waals surface area (Å²) in [4.78, 5) is 35.9. The molecule has 1 saturated heterocycles. The third-order valence-corrected chi connectivity index (χ3v) is 7.82. The van der Waals surface area contributed by atoms with E-state index in [1.165, 1.54) is 7.11 Å². The molecule has 4 fully saturated rings. The standard InChI is InChI=1S/C20H26O5/c1-18-11-16-20(25-16)14(13(18)6-7-15(18)22)5-4-12(10-17(23)24-3)19(20,2)8-9-21/h9-10,13-14,16H,4-8,11H2,1-3H3/b12-10-/t13-,14-,16+,18-,19-,20-/m0/s1. The first-order valence-corrected chi connectivity index (χ1v) is 9.27. The lowest BCUT2D eigenvalue weighted by molar-refractivity contribution is -0.135. The molecule has 1 spiro atoms. The van der Waals surface area contributed by atoms with E-state index >= 15 is 0 Å². The van der Waals surface area contributed by atoms with Gasteiger partial charge in [-0.3, -0.25) is 4.79 Å². The van der Waals surface area contributed by atoms with Gasteiger partial charge < -0.3 is 14.3 Å². The molecule has 3 saturated carbocycles. The molecule has 5 nitrogen and oxygen atoms in total. The Morgan fingerprint density at radius 2 is 2.00 bits per heavy atom. The number of aldehydes is 1. The van der Waals surface area contributed by atoms with E-state index < -0.39 is 11.0 Å². The van der Waals surface area contributed by atoms with Gasteiger partial charge >= 0.3 is 5.97 Å². The molecule has 0 N–H and O–H groups in total. The number of esters is 1. The van der Waals surface area contributed by atoms with E-state index in [-0.39, 0.29) is 23.4 Å². The Labute approximate surface area is 148 Å². The second-order valence-corrected chi connectivity index (χ2v) is 8.63.